The number of nitrogens with zero attached hydrogens (tertiary/aromatic N) is 2. The van der Waals surface area contributed by atoms with Gasteiger partial charge in [0, 0.05) is 5.02 Å². The number of rotatable bonds is 12. The number of anilines is 1. The molecular weight excluding hydrogens is 564 g/mol. The molecule has 3 aliphatic rings. The van der Waals surface area contributed by atoms with Gasteiger partial charge in [-0.2, -0.15) is 0 Å². The Kier molecular flexibility index (Phi) is 8.59. The number of para-hydroxylation sites is 1. The van der Waals surface area contributed by atoms with E-state index in [9.17, 15) is 23.1 Å². The summed E-state index contributed by atoms with van der Waals surface area (Å²) in [7, 11) is -3.67. The average Bonchev–Trinajstić information content (AvgIpc) is 3.86. The van der Waals surface area contributed by atoms with E-state index in [4.69, 9.17) is 16.3 Å². The smallest absolute Gasteiger partial charge is 0.306 e. The molecule has 1 heterocycles. The van der Waals surface area contributed by atoms with E-state index in [1.165, 1.54) is 4.31 Å². The number of halogens is 1. The summed E-state index contributed by atoms with van der Waals surface area (Å²) in [6.07, 6.45) is 3.92. The van der Waals surface area contributed by atoms with Crippen molar-refractivity contribution in [2.24, 2.45) is 5.92 Å². The summed E-state index contributed by atoms with van der Waals surface area (Å²) in [5.74, 6) is -1.56. The molecule has 1 N–H and O–H groups in total. The number of ether oxygens (including phenoxy) is 1. The first kappa shape index (κ1) is 29.4. The van der Waals surface area contributed by atoms with Crippen LogP contribution in [-0.2, 0) is 24.3 Å². The summed E-state index contributed by atoms with van der Waals surface area (Å²) in [6, 6.07) is 15.0. The van der Waals surface area contributed by atoms with Crippen molar-refractivity contribution in [2.75, 3.05) is 10.8 Å². The number of allylic oxidation sites excluding steroid dienone is 1. The van der Waals surface area contributed by atoms with Crippen LogP contribution >= 0.6 is 11.6 Å². The summed E-state index contributed by atoms with van der Waals surface area (Å²) >= 11 is 6.22. The van der Waals surface area contributed by atoms with E-state index in [-0.39, 0.29) is 12.5 Å². The van der Waals surface area contributed by atoms with Gasteiger partial charge >= 0.3 is 5.97 Å². The van der Waals surface area contributed by atoms with Crippen molar-refractivity contribution in [1.29, 1.82) is 0 Å². The number of benzene rings is 2. The van der Waals surface area contributed by atoms with E-state index >= 15 is 0 Å². The normalized spacial score (nSPS) is 24.1. The van der Waals surface area contributed by atoms with Crippen LogP contribution in [0.4, 0.5) is 5.69 Å². The molecule has 2 aromatic rings. The molecule has 2 aliphatic carbocycles. The quantitative estimate of drug-likeness (QED) is 0.330. The lowest BCUT2D eigenvalue weighted by Crippen LogP contribution is -2.61. The monoisotopic (exact) mass is 598 g/mol. The molecule has 10 heteroatoms. The number of hydrogen-bond acceptors (Lipinski definition) is 5. The Hall–Kier alpha value is -3.14. The van der Waals surface area contributed by atoms with Crippen molar-refractivity contribution in [3.63, 3.8) is 0 Å². The summed E-state index contributed by atoms with van der Waals surface area (Å²) in [4.78, 5) is 27.8. The third-order valence-corrected chi connectivity index (χ3v) is 10.6. The van der Waals surface area contributed by atoms with Crippen LogP contribution in [0.25, 0.3) is 0 Å². The van der Waals surface area contributed by atoms with Crippen molar-refractivity contribution in [3.05, 3.63) is 89.5 Å². The van der Waals surface area contributed by atoms with Gasteiger partial charge in [0.1, 0.15) is 12.2 Å². The molecule has 4 atom stereocenters. The highest BCUT2D eigenvalue weighted by Gasteiger charge is 2.52. The fraction of sp³-hybridized carbons (Fsp3) is 0.419. The van der Waals surface area contributed by atoms with Gasteiger partial charge in [0.2, 0.25) is 10.0 Å². The van der Waals surface area contributed by atoms with Crippen LogP contribution in [0.2, 0.25) is 5.02 Å². The lowest BCUT2D eigenvalue weighted by Gasteiger charge is -2.49. The van der Waals surface area contributed by atoms with E-state index in [2.05, 4.69) is 6.58 Å². The highest BCUT2D eigenvalue weighted by atomic mass is 35.5. The number of carboxylic acid groups (broad SMARTS) is 1. The minimum Gasteiger partial charge on any atom is -0.481 e. The van der Waals surface area contributed by atoms with E-state index in [1.54, 1.807) is 47.4 Å². The predicted molar refractivity (Wildman–Crippen MR) is 158 cm³/mol. The maximum atomic E-state index is 14.2. The number of morpholine rings is 1. The van der Waals surface area contributed by atoms with Gasteiger partial charge in [0.05, 0.1) is 36.0 Å². The molecular formula is C31H35ClN2O6S. The molecule has 1 aliphatic heterocycles. The van der Waals surface area contributed by atoms with Crippen molar-refractivity contribution < 1.29 is 27.9 Å². The number of amides is 1. The molecule has 0 spiro atoms. The molecule has 0 unspecified atom stereocenters. The predicted octanol–water partition coefficient (Wildman–Crippen LogP) is 5.36. The van der Waals surface area contributed by atoms with Crippen LogP contribution in [0, 0.1) is 5.92 Å². The van der Waals surface area contributed by atoms with Gasteiger partial charge in [-0.15, -0.1) is 0 Å². The van der Waals surface area contributed by atoms with Gasteiger partial charge in [-0.1, -0.05) is 60.7 Å². The Bertz CT molecular complexity index is 1420. The molecule has 1 amide bonds. The standard InChI is InChI=1S/C31H35ClN2O6S/c1-3-20(4-2)30-29(22-12-14-23(32)15-13-22)34(31(37)27(40-30)18-28(35)36)26(21-10-11-21)19-33(24-8-6-5-7-9-24)41(38,39)25-16-17-25/h3-9,12-15,21,25-27,29-30H,1,10-11,16-19H2,2H3,(H,35,36)/b20-4+/t26-,27+,29-,30-/m1/s1. The van der Waals surface area contributed by atoms with E-state index in [1.807, 2.05) is 31.2 Å². The molecule has 8 nitrogen and oxygen atoms in total. The van der Waals surface area contributed by atoms with Crippen molar-refractivity contribution in [3.8, 4) is 0 Å². The second kappa shape index (κ2) is 12.0. The Morgan fingerprint density at radius 2 is 1.80 bits per heavy atom. The first-order valence-electron chi connectivity index (χ1n) is 14.0. The Morgan fingerprint density at radius 1 is 1.15 bits per heavy atom. The van der Waals surface area contributed by atoms with Crippen LogP contribution in [0.15, 0.2) is 78.9 Å². The number of sulfonamides is 1. The lowest BCUT2D eigenvalue weighted by molar-refractivity contribution is -0.178. The number of carboxylic acids is 1. The zero-order valence-electron chi connectivity index (χ0n) is 22.9. The van der Waals surface area contributed by atoms with Crippen LogP contribution in [-0.4, -0.2) is 60.3 Å². The van der Waals surface area contributed by atoms with Gasteiger partial charge in [-0.3, -0.25) is 13.9 Å². The van der Waals surface area contributed by atoms with Gasteiger partial charge in [-0.05, 0) is 73.9 Å². The summed E-state index contributed by atoms with van der Waals surface area (Å²) < 4.78 is 35.3. The summed E-state index contributed by atoms with van der Waals surface area (Å²) in [5, 5.41) is 9.75. The topological polar surface area (TPSA) is 104 Å². The molecule has 1 saturated heterocycles. The minimum absolute atomic E-state index is 0.0522. The van der Waals surface area contributed by atoms with Crippen molar-refractivity contribution >= 4 is 39.2 Å². The SMILES string of the molecule is C=C/C(=C\C)[C@H]1O[C@@H](CC(=O)O)C(=O)N([C@H](CN(c2ccccc2)S(=O)(=O)C2CC2)C2CC2)[C@@H]1c1ccc(Cl)cc1. The molecule has 2 aromatic carbocycles. The second-order valence-electron chi connectivity index (χ2n) is 10.9. The fourth-order valence-electron chi connectivity index (χ4n) is 5.69. The van der Waals surface area contributed by atoms with Gasteiger partial charge in [0.25, 0.3) is 5.91 Å². The number of carbonyl (C=O) groups is 2. The Balaban J connectivity index is 1.64. The average molecular weight is 599 g/mol. The van der Waals surface area contributed by atoms with Crippen LogP contribution in [0.5, 0.6) is 0 Å². The molecule has 5 rings (SSSR count). The molecule has 0 bridgehead atoms. The second-order valence-corrected chi connectivity index (χ2v) is 13.5. The zero-order chi connectivity index (χ0) is 29.3. The maximum Gasteiger partial charge on any atom is 0.306 e. The van der Waals surface area contributed by atoms with Gasteiger partial charge < -0.3 is 14.7 Å². The summed E-state index contributed by atoms with van der Waals surface area (Å²) in [5.41, 5.74) is 2.01. The third-order valence-electron chi connectivity index (χ3n) is 8.07. The molecule has 3 fully saturated rings. The number of hydrogen-bond donors (Lipinski definition) is 1. The third kappa shape index (κ3) is 6.22. The van der Waals surface area contributed by atoms with Crippen LogP contribution in [0.1, 0.15) is 50.6 Å². The lowest BCUT2D eigenvalue weighted by atomic mass is 9.88. The number of aliphatic carboxylic acids is 1. The highest BCUT2D eigenvalue weighted by Crippen LogP contribution is 2.46. The van der Waals surface area contributed by atoms with Crippen LogP contribution < -0.4 is 4.31 Å². The maximum absolute atomic E-state index is 14.2. The molecule has 2 saturated carbocycles. The van der Waals surface area contributed by atoms with Crippen molar-refractivity contribution in [2.45, 2.75) is 68.6 Å². The highest BCUT2D eigenvalue weighted by molar-refractivity contribution is 7.93. The van der Waals surface area contributed by atoms with Crippen molar-refractivity contribution in [1.82, 2.24) is 4.90 Å². The Morgan fingerprint density at radius 3 is 2.34 bits per heavy atom. The molecule has 0 aromatic heterocycles. The van der Waals surface area contributed by atoms with Crippen LogP contribution in [0.3, 0.4) is 0 Å². The van der Waals surface area contributed by atoms with E-state index in [0.29, 0.717) is 29.1 Å². The molecule has 218 valence electrons. The van der Waals surface area contributed by atoms with Gasteiger partial charge in [-0.25, -0.2) is 8.42 Å². The minimum atomic E-state index is -3.67. The molecule has 41 heavy (non-hydrogen) atoms. The fourth-order valence-corrected chi connectivity index (χ4v) is 7.68. The first-order valence-corrected chi connectivity index (χ1v) is 15.8. The Labute approximate surface area is 246 Å². The summed E-state index contributed by atoms with van der Waals surface area (Å²) in [6.45, 7) is 5.84. The molecule has 0 radical (unpaired) electrons. The van der Waals surface area contributed by atoms with Gasteiger partial charge in [0.15, 0.2) is 0 Å². The number of carbonyl (C=O) groups excluding carboxylic acids is 1. The van der Waals surface area contributed by atoms with E-state index < -0.39 is 57.9 Å². The first-order chi connectivity index (χ1) is 19.6. The largest absolute Gasteiger partial charge is 0.481 e. The zero-order valence-corrected chi connectivity index (χ0v) is 24.5. The van der Waals surface area contributed by atoms with E-state index in [0.717, 1.165) is 18.4 Å².